The Morgan fingerprint density at radius 1 is 1.30 bits per heavy atom. The highest BCUT2D eigenvalue weighted by atomic mass is 35.5. The van der Waals surface area contributed by atoms with E-state index >= 15 is 0 Å². The molecule has 0 aliphatic heterocycles. The number of aromatic nitrogens is 1. The van der Waals surface area contributed by atoms with Crippen LogP contribution in [-0.2, 0) is 16.0 Å². The first-order valence-electron chi connectivity index (χ1n) is 8.11. The van der Waals surface area contributed by atoms with Crippen LogP contribution < -0.4 is 16.4 Å². The highest BCUT2D eigenvalue weighted by Crippen LogP contribution is 2.30. The van der Waals surface area contributed by atoms with Crippen molar-refractivity contribution in [3.05, 3.63) is 40.4 Å². The summed E-state index contributed by atoms with van der Waals surface area (Å²) < 4.78 is 0. The van der Waals surface area contributed by atoms with Crippen LogP contribution in [0.3, 0.4) is 0 Å². The van der Waals surface area contributed by atoms with Gasteiger partial charge in [-0.2, -0.15) is 0 Å². The third-order valence-electron chi connectivity index (χ3n) is 3.60. The largest absolute Gasteiger partial charge is 0.480 e. The molecule has 0 saturated carbocycles. The second-order valence-corrected chi connectivity index (χ2v) is 6.96. The van der Waals surface area contributed by atoms with Gasteiger partial charge >= 0.3 is 12.0 Å². The van der Waals surface area contributed by atoms with Gasteiger partial charge in [-0.3, -0.25) is 4.79 Å². The fourth-order valence-electron chi connectivity index (χ4n) is 2.33. The van der Waals surface area contributed by atoms with Crippen LogP contribution in [0.4, 0.5) is 4.79 Å². The standard InChI is InChI=1S/C17H19ClN4O4S/c18-12-5-2-1-4-11(12)15-21-10(9-27-15)8-14(23)22-13(16(24)25)6-3-7-20-17(19)26/h1-2,4-5,9,13H,3,6-8H2,(H,22,23)(H,24,25)(H3,19,20,26)/t13-/m1/s1. The highest BCUT2D eigenvalue weighted by Gasteiger charge is 2.20. The van der Waals surface area contributed by atoms with Crippen molar-refractivity contribution < 1.29 is 19.5 Å². The number of amides is 3. The van der Waals surface area contributed by atoms with E-state index in [2.05, 4.69) is 15.6 Å². The Hall–Kier alpha value is -2.65. The SMILES string of the molecule is NC(=O)NCCC[C@@H](NC(=O)Cc1csc(-c2ccccc2Cl)n1)C(=O)O. The van der Waals surface area contributed by atoms with Crippen molar-refractivity contribution in [1.82, 2.24) is 15.6 Å². The van der Waals surface area contributed by atoms with Crippen molar-refractivity contribution in [3.8, 4) is 10.6 Å². The average molecular weight is 411 g/mol. The molecule has 1 aromatic carbocycles. The summed E-state index contributed by atoms with van der Waals surface area (Å²) in [4.78, 5) is 38.4. The molecule has 1 atom stereocenters. The molecule has 0 bridgehead atoms. The molecule has 8 nitrogen and oxygen atoms in total. The number of carbonyl (C=O) groups is 3. The molecule has 0 radical (unpaired) electrons. The zero-order valence-corrected chi connectivity index (χ0v) is 15.8. The number of carboxylic acids is 1. The minimum Gasteiger partial charge on any atom is -0.480 e. The number of hydrogen-bond donors (Lipinski definition) is 4. The lowest BCUT2D eigenvalue weighted by molar-refractivity contribution is -0.141. The molecule has 1 aromatic heterocycles. The van der Waals surface area contributed by atoms with Crippen LogP contribution in [0, 0.1) is 0 Å². The van der Waals surface area contributed by atoms with Crippen molar-refractivity contribution in [3.63, 3.8) is 0 Å². The van der Waals surface area contributed by atoms with Gasteiger partial charge in [0.05, 0.1) is 17.1 Å². The van der Waals surface area contributed by atoms with Crippen LogP contribution in [-0.4, -0.2) is 40.6 Å². The molecule has 2 rings (SSSR count). The molecule has 5 N–H and O–H groups in total. The van der Waals surface area contributed by atoms with Gasteiger partial charge in [0.2, 0.25) is 5.91 Å². The molecule has 10 heteroatoms. The number of carboxylic acid groups (broad SMARTS) is 1. The Labute approximate surface area is 164 Å². The average Bonchev–Trinajstić information content (AvgIpc) is 3.05. The van der Waals surface area contributed by atoms with Crippen LogP contribution in [0.1, 0.15) is 18.5 Å². The number of urea groups is 1. The number of primary amides is 1. The fourth-order valence-corrected chi connectivity index (χ4v) is 3.47. The van der Waals surface area contributed by atoms with Crippen LogP contribution in [0.2, 0.25) is 5.02 Å². The van der Waals surface area contributed by atoms with Crippen molar-refractivity contribution in [2.45, 2.75) is 25.3 Å². The molecule has 2 aromatic rings. The van der Waals surface area contributed by atoms with Gasteiger partial charge in [0, 0.05) is 17.5 Å². The molecule has 1 heterocycles. The van der Waals surface area contributed by atoms with E-state index in [1.807, 2.05) is 18.2 Å². The van der Waals surface area contributed by atoms with E-state index in [1.54, 1.807) is 11.4 Å². The summed E-state index contributed by atoms with van der Waals surface area (Å²) in [6, 6.07) is 5.54. The predicted octanol–water partition coefficient (Wildman–Crippen LogP) is 2.02. The van der Waals surface area contributed by atoms with Crippen LogP contribution in [0.5, 0.6) is 0 Å². The Bertz CT molecular complexity index is 827. The van der Waals surface area contributed by atoms with Gasteiger partial charge in [-0.15, -0.1) is 11.3 Å². The molecule has 27 heavy (non-hydrogen) atoms. The minimum absolute atomic E-state index is 0.0374. The minimum atomic E-state index is -1.14. The van der Waals surface area contributed by atoms with Crippen LogP contribution in [0.25, 0.3) is 10.6 Å². The zero-order valence-electron chi connectivity index (χ0n) is 14.3. The van der Waals surface area contributed by atoms with Gasteiger partial charge in [0.15, 0.2) is 0 Å². The molecule has 0 saturated heterocycles. The molecule has 0 aliphatic carbocycles. The maximum atomic E-state index is 12.2. The van der Waals surface area contributed by atoms with E-state index in [1.165, 1.54) is 11.3 Å². The molecule has 0 unspecified atom stereocenters. The maximum Gasteiger partial charge on any atom is 0.326 e. The topological polar surface area (TPSA) is 134 Å². The highest BCUT2D eigenvalue weighted by molar-refractivity contribution is 7.13. The first kappa shape index (κ1) is 20.7. The number of rotatable bonds is 9. The summed E-state index contributed by atoms with van der Waals surface area (Å²) in [6.07, 6.45) is 0.501. The van der Waals surface area contributed by atoms with Crippen molar-refractivity contribution in [2.75, 3.05) is 6.54 Å². The van der Waals surface area contributed by atoms with E-state index in [-0.39, 0.29) is 19.4 Å². The monoisotopic (exact) mass is 410 g/mol. The van der Waals surface area contributed by atoms with E-state index in [9.17, 15) is 19.5 Å². The summed E-state index contributed by atoms with van der Waals surface area (Å²) in [5.74, 6) is -1.58. The van der Waals surface area contributed by atoms with Gasteiger partial charge in [0.25, 0.3) is 0 Å². The maximum absolute atomic E-state index is 12.2. The summed E-state index contributed by atoms with van der Waals surface area (Å²) in [6.45, 7) is 0.238. The summed E-state index contributed by atoms with van der Waals surface area (Å²) in [5.41, 5.74) is 6.25. The molecule has 0 aliphatic rings. The number of aliphatic carboxylic acids is 1. The molecular weight excluding hydrogens is 392 g/mol. The first-order chi connectivity index (χ1) is 12.9. The van der Waals surface area contributed by atoms with Crippen LogP contribution >= 0.6 is 22.9 Å². The number of halogens is 1. The molecule has 0 fully saturated rings. The number of thiazole rings is 1. The molecule has 3 amide bonds. The molecule has 0 spiro atoms. The Morgan fingerprint density at radius 3 is 2.70 bits per heavy atom. The van der Waals surface area contributed by atoms with E-state index < -0.39 is 23.9 Å². The lowest BCUT2D eigenvalue weighted by Gasteiger charge is -2.14. The van der Waals surface area contributed by atoms with E-state index in [0.29, 0.717) is 22.1 Å². The third kappa shape index (κ3) is 6.54. The summed E-state index contributed by atoms with van der Waals surface area (Å²) in [7, 11) is 0. The summed E-state index contributed by atoms with van der Waals surface area (Å²) >= 11 is 7.51. The van der Waals surface area contributed by atoms with Gasteiger partial charge in [0.1, 0.15) is 11.0 Å². The Morgan fingerprint density at radius 2 is 2.04 bits per heavy atom. The third-order valence-corrected chi connectivity index (χ3v) is 4.85. The van der Waals surface area contributed by atoms with E-state index in [4.69, 9.17) is 17.3 Å². The lowest BCUT2D eigenvalue weighted by Crippen LogP contribution is -2.42. The number of nitrogens with two attached hydrogens (primary N) is 1. The van der Waals surface area contributed by atoms with Crippen molar-refractivity contribution in [2.24, 2.45) is 5.73 Å². The van der Waals surface area contributed by atoms with Crippen molar-refractivity contribution in [1.29, 1.82) is 0 Å². The van der Waals surface area contributed by atoms with Gasteiger partial charge in [-0.1, -0.05) is 29.8 Å². The number of hydrogen-bond acceptors (Lipinski definition) is 5. The predicted molar refractivity (Wildman–Crippen MR) is 103 cm³/mol. The quantitative estimate of drug-likeness (QED) is 0.469. The molecule has 144 valence electrons. The second kappa shape index (κ2) is 9.89. The zero-order chi connectivity index (χ0) is 19.8. The van der Waals surface area contributed by atoms with Gasteiger partial charge in [-0.25, -0.2) is 14.6 Å². The Kier molecular flexibility index (Phi) is 7.56. The van der Waals surface area contributed by atoms with Crippen LogP contribution in [0.15, 0.2) is 29.6 Å². The second-order valence-electron chi connectivity index (χ2n) is 5.69. The van der Waals surface area contributed by atoms with Crippen molar-refractivity contribution >= 4 is 40.8 Å². The summed E-state index contributed by atoms with van der Waals surface area (Å²) in [5, 5.41) is 17.1. The fraction of sp³-hybridized carbons (Fsp3) is 0.294. The smallest absolute Gasteiger partial charge is 0.326 e. The number of nitrogens with zero attached hydrogens (tertiary/aromatic N) is 1. The van der Waals surface area contributed by atoms with Gasteiger partial charge in [-0.05, 0) is 18.9 Å². The molecular formula is C17H19ClN4O4S. The lowest BCUT2D eigenvalue weighted by atomic mass is 10.1. The number of nitrogens with one attached hydrogen (secondary N) is 2. The number of benzene rings is 1. The van der Waals surface area contributed by atoms with Gasteiger partial charge < -0.3 is 21.5 Å². The van der Waals surface area contributed by atoms with E-state index in [0.717, 1.165) is 5.56 Å². The normalized spacial score (nSPS) is 11.6. The number of carbonyl (C=O) groups excluding carboxylic acids is 2. The first-order valence-corrected chi connectivity index (χ1v) is 9.37. The Balaban J connectivity index is 1.91.